The number of hydrogen-bond donors (Lipinski definition) is 1. The number of rotatable bonds is 6. The van der Waals surface area contributed by atoms with E-state index >= 15 is 0 Å². The third kappa shape index (κ3) is 4.37. The fraction of sp³-hybridized carbons (Fsp3) is 0.267. The summed E-state index contributed by atoms with van der Waals surface area (Å²) >= 11 is 11.9. The molecule has 0 fully saturated rings. The molecule has 1 aromatic heterocycles. The predicted molar refractivity (Wildman–Crippen MR) is 82.4 cm³/mol. The molecule has 106 valence electrons. The Morgan fingerprint density at radius 2 is 2.05 bits per heavy atom. The highest BCUT2D eigenvalue weighted by Crippen LogP contribution is 2.22. The standard InChI is InChI=1S/C15H16Cl2N2O/c1-2-18-8-13-5-6-14(9-19-13)20-10-11-3-4-12(16)7-15(11)17/h3-7,9,18H,2,8,10H2,1H3. The number of halogens is 2. The Morgan fingerprint density at radius 3 is 2.70 bits per heavy atom. The van der Waals surface area contributed by atoms with Gasteiger partial charge in [0.15, 0.2) is 0 Å². The predicted octanol–water partition coefficient (Wildman–Crippen LogP) is 4.08. The van der Waals surface area contributed by atoms with Crippen LogP contribution in [0.1, 0.15) is 18.2 Å². The third-order valence-electron chi connectivity index (χ3n) is 2.76. The Kier molecular flexibility index (Phi) is 5.65. The van der Waals surface area contributed by atoms with E-state index in [-0.39, 0.29) is 0 Å². The van der Waals surface area contributed by atoms with Gasteiger partial charge in [-0.3, -0.25) is 4.98 Å². The molecule has 0 aliphatic rings. The molecular formula is C15H16Cl2N2O. The summed E-state index contributed by atoms with van der Waals surface area (Å²) in [6.45, 7) is 4.15. The molecule has 0 saturated heterocycles. The van der Waals surface area contributed by atoms with Crippen molar-refractivity contribution in [3.8, 4) is 5.75 Å². The van der Waals surface area contributed by atoms with E-state index in [1.54, 1.807) is 18.3 Å². The molecule has 1 heterocycles. The maximum absolute atomic E-state index is 6.09. The Labute approximate surface area is 128 Å². The molecule has 0 amide bonds. The first kappa shape index (κ1) is 15.1. The molecule has 20 heavy (non-hydrogen) atoms. The SMILES string of the molecule is CCNCc1ccc(OCc2ccc(Cl)cc2Cl)cn1. The van der Waals surface area contributed by atoms with Gasteiger partial charge in [-0.05, 0) is 30.8 Å². The van der Waals surface area contributed by atoms with Gasteiger partial charge in [0, 0.05) is 22.2 Å². The molecule has 5 heteroatoms. The minimum absolute atomic E-state index is 0.393. The molecule has 0 spiro atoms. The molecule has 0 atom stereocenters. The van der Waals surface area contributed by atoms with Crippen molar-refractivity contribution in [1.82, 2.24) is 10.3 Å². The van der Waals surface area contributed by atoms with Crippen molar-refractivity contribution in [3.05, 3.63) is 57.8 Å². The number of pyridine rings is 1. The second kappa shape index (κ2) is 7.48. The number of ether oxygens (including phenoxy) is 1. The molecule has 1 aromatic carbocycles. The highest BCUT2D eigenvalue weighted by Gasteiger charge is 2.03. The first-order valence-electron chi connectivity index (χ1n) is 6.41. The van der Waals surface area contributed by atoms with Crippen LogP contribution in [0.4, 0.5) is 0 Å². The van der Waals surface area contributed by atoms with Gasteiger partial charge < -0.3 is 10.1 Å². The molecule has 2 aromatic rings. The highest BCUT2D eigenvalue weighted by atomic mass is 35.5. The first-order chi connectivity index (χ1) is 9.69. The molecule has 0 aliphatic heterocycles. The number of benzene rings is 1. The second-order valence-corrected chi connectivity index (χ2v) is 5.13. The Morgan fingerprint density at radius 1 is 1.20 bits per heavy atom. The van der Waals surface area contributed by atoms with E-state index in [2.05, 4.69) is 17.2 Å². The smallest absolute Gasteiger partial charge is 0.138 e. The number of hydrogen-bond acceptors (Lipinski definition) is 3. The summed E-state index contributed by atoms with van der Waals surface area (Å²) in [4.78, 5) is 4.32. The molecule has 1 N–H and O–H groups in total. The summed E-state index contributed by atoms with van der Waals surface area (Å²) in [5.74, 6) is 0.719. The quantitative estimate of drug-likeness (QED) is 0.873. The fourth-order valence-corrected chi connectivity index (χ4v) is 2.12. The van der Waals surface area contributed by atoms with Gasteiger partial charge in [0.2, 0.25) is 0 Å². The van der Waals surface area contributed by atoms with E-state index in [4.69, 9.17) is 27.9 Å². The van der Waals surface area contributed by atoms with Crippen LogP contribution in [0.2, 0.25) is 10.0 Å². The molecule has 0 bridgehead atoms. The Bertz CT molecular complexity index is 558. The van der Waals surface area contributed by atoms with Gasteiger partial charge in [-0.1, -0.05) is 36.2 Å². The lowest BCUT2D eigenvalue weighted by Crippen LogP contribution is -2.12. The van der Waals surface area contributed by atoms with Crippen molar-refractivity contribution in [1.29, 1.82) is 0 Å². The van der Waals surface area contributed by atoms with Gasteiger partial charge >= 0.3 is 0 Å². The lowest BCUT2D eigenvalue weighted by atomic mass is 10.2. The largest absolute Gasteiger partial charge is 0.487 e. The number of nitrogens with zero attached hydrogens (tertiary/aromatic N) is 1. The topological polar surface area (TPSA) is 34.1 Å². The summed E-state index contributed by atoms with van der Waals surface area (Å²) in [6.07, 6.45) is 1.72. The molecular weight excluding hydrogens is 295 g/mol. The van der Waals surface area contributed by atoms with E-state index < -0.39 is 0 Å². The van der Waals surface area contributed by atoms with Gasteiger partial charge in [0.1, 0.15) is 12.4 Å². The zero-order valence-electron chi connectivity index (χ0n) is 11.2. The van der Waals surface area contributed by atoms with E-state index in [0.29, 0.717) is 16.7 Å². The summed E-state index contributed by atoms with van der Waals surface area (Å²) in [5, 5.41) is 4.45. The molecule has 0 saturated carbocycles. The van der Waals surface area contributed by atoms with Crippen molar-refractivity contribution in [3.63, 3.8) is 0 Å². The van der Waals surface area contributed by atoms with Gasteiger partial charge in [0.25, 0.3) is 0 Å². The maximum atomic E-state index is 6.09. The number of nitrogens with one attached hydrogen (secondary N) is 1. The third-order valence-corrected chi connectivity index (χ3v) is 3.35. The first-order valence-corrected chi connectivity index (χ1v) is 7.17. The van der Waals surface area contributed by atoms with E-state index in [1.165, 1.54) is 0 Å². The van der Waals surface area contributed by atoms with Crippen LogP contribution >= 0.6 is 23.2 Å². The van der Waals surface area contributed by atoms with Gasteiger partial charge in [-0.25, -0.2) is 0 Å². The molecule has 3 nitrogen and oxygen atoms in total. The fourth-order valence-electron chi connectivity index (χ4n) is 1.65. The van der Waals surface area contributed by atoms with E-state index in [1.807, 2.05) is 18.2 Å². The minimum atomic E-state index is 0.393. The van der Waals surface area contributed by atoms with Crippen molar-refractivity contribution in [2.24, 2.45) is 0 Å². The molecule has 0 radical (unpaired) electrons. The van der Waals surface area contributed by atoms with Crippen LogP contribution in [0.25, 0.3) is 0 Å². The van der Waals surface area contributed by atoms with Crippen LogP contribution in [0.5, 0.6) is 5.75 Å². The Balaban J connectivity index is 1.93. The van der Waals surface area contributed by atoms with Crippen LogP contribution in [-0.2, 0) is 13.2 Å². The van der Waals surface area contributed by atoms with Crippen molar-refractivity contribution < 1.29 is 4.74 Å². The van der Waals surface area contributed by atoms with Crippen LogP contribution in [0.3, 0.4) is 0 Å². The van der Waals surface area contributed by atoms with Gasteiger partial charge in [-0.15, -0.1) is 0 Å². The van der Waals surface area contributed by atoms with Crippen LogP contribution in [0, 0.1) is 0 Å². The normalized spacial score (nSPS) is 10.6. The average Bonchev–Trinajstić information content (AvgIpc) is 2.45. The summed E-state index contributed by atoms with van der Waals surface area (Å²) < 4.78 is 5.66. The lowest BCUT2D eigenvalue weighted by molar-refractivity contribution is 0.305. The van der Waals surface area contributed by atoms with Gasteiger partial charge in [0.05, 0.1) is 11.9 Å². The monoisotopic (exact) mass is 310 g/mol. The van der Waals surface area contributed by atoms with Crippen molar-refractivity contribution in [2.45, 2.75) is 20.1 Å². The lowest BCUT2D eigenvalue weighted by Gasteiger charge is -2.08. The molecule has 0 unspecified atom stereocenters. The molecule has 0 aliphatic carbocycles. The van der Waals surface area contributed by atoms with Crippen LogP contribution in [0.15, 0.2) is 36.5 Å². The zero-order chi connectivity index (χ0) is 14.4. The van der Waals surface area contributed by atoms with Crippen molar-refractivity contribution >= 4 is 23.2 Å². The zero-order valence-corrected chi connectivity index (χ0v) is 12.7. The molecule has 2 rings (SSSR count). The summed E-state index contributed by atoms with van der Waals surface area (Å²) in [7, 11) is 0. The summed E-state index contributed by atoms with van der Waals surface area (Å²) in [6, 6.07) is 9.21. The Hall–Kier alpha value is -1.29. The maximum Gasteiger partial charge on any atom is 0.138 e. The van der Waals surface area contributed by atoms with E-state index in [9.17, 15) is 0 Å². The average molecular weight is 311 g/mol. The van der Waals surface area contributed by atoms with E-state index in [0.717, 1.165) is 30.1 Å². The van der Waals surface area contributed by atoms with Crippen LogP contribution in [-0.4, -0.2) is 11.5 Å². The second-order valence-electron chi connectivity index (χ2n) is 4.29. The van der Waals surface area contributed by atoms with Crippen molar-refractivity contribution in [2.75, 3.05) is 6.54 Å². The number of aromatic nitrogens is 1. The highest BCUT2D eigenvalue weighted by molar-refractivity contribution is 6.35. The van der Waals surface area contributed by atoms with Crippen LogP contribution < -0.4 is 10.1 Å². The minimum Gasteiger partial charge on any atom is -0.487 e. The summed E-state index contributed by atoms with van der Waals surface area (Å²) in [5.41, 5.74) is 1.89. The van der Waals surface area contributed by atoms with Gasteiger partial charge in [-0.2, -0.15) is 0 Å².